The molecule has 1 fully saturated rings. The lowest BCUT2D eigenvalue weighted by Crippen LogP contribution is -2.51. The lowest BCUT2D eigenvalue weighted by molar-refractivity contribution is 0.206. The molecule has 106 valence electrons. The molecule has 0 bridgehead atoms. The Morgan fingerprint density at radius 2 is 2.00 bits per heavy atom. The average Bonchev–Trinajstić information content (AvgIpc) is 2.35. The molecule has 3 atom stereocenters. The Morgan fingerprint density at radius 3 is 2.63 bits per heavy atom. The molecule has 0 radical (unpaired) electrons. The van der Waals surface area contributed by atoms with Crippen molar-refractivity contribution in [3.8, 4) is 0 Å². The topological polar surface area (TPSA) is 43.1 Å². The lowest BCUT2D eigenvalue weighted by atomic mass is 9.73. The number of rotatable bonds is 2. The third kappa shape index (κ3) is 2.87. The lowest BCUT2D eigenvalue weighted by Gasteiger charge is -2.41. The van der Waals surface area contributed by atoms with Crippen LogP contribution in [0.1, 0.15) is 33.1 Å². The summed E-state index contributed by atoms with van der Waals surface area (Å²) in [7, 11) is -1.40. The van der Waals surface area contributed by atoms with Gasteiger partial charge in [-0.1, -0.05) is 20.3 Å². The Hall–Kier alpha value is -0.810. The highest BCUT2D eigenvalue weighted by Gasteiger charge is 2.39. The van der Waals surface area contributed by atoms with Crippen molar-refractivity contribution in [2.24, 2.45) is 11.1 Å². The van der Waals surface area contributed by atoms with Crippen LogP contribution < -0.4 is 5.73 Å². The summed E-state index contributed by atoms with van der Waals surface area (Å²) in [6.07, 6.45) is 2.72. The zero-order valence-corrected chi connectivity index (χ0v) is 12.0. The first-order valence-electron chi connectivity index (χ1n) is 6.44. The molecular weight excluding hydrogens is 268 g/mol. The van der Waals surface area contributed by atoms with Gasteiger partial charge in [-0.2, -0.15) is 0 Å². The molecule has 0 heterocycles. The smallest absolute Gasteiger partial charge is 0.160 e. The van der Waals surface area contributed by atoms with E-state index in [0.29, 0.717) is 4.90 Å². The highest BCUT2D eigenvalue weighted by Crippen LogP contribution is 2.37. The van der Waals surface area contributed by atoms with E-state index in [4.69, 9.17) is 5.73 Å². The third-order valence-corrected chi connectivity index (χ3v) is 5.81. The van der Waals surface area contributed by atoms with E-state index in [1.165, 1.54) is 6.07 Å². The van der Waals surface area contributed by atoms with Crippen LogP contribution in [0.4, 0.5) is 8.78 Å². The molecule has 0 aliphatic heterocycles. The van der Waals surface area contributed by atoms with Crippen molar-refractivity contribution in [1.82, 2.24) is 0 Å². The summed E-state index contributed by atoms with van der Waals surface area (Å²) in [5.41, 5.74) is 6.13. The second-order valence-corrected chi connectivity index (χ2v) is 7.49. The largest absolute Gasteiger partial charge is 0.326 e. The molecule has 3 unspecified atom stereocenters. The molecule has 5 heteroatoms. The van der Waals surface area contributed by atoms with Gasteiger partial charge in [-0.3, -0.25) is 4.21 Å². The van der Waals surface area contributed by atoms with Gasteiger partial charge in [0.05, 0.1) is 16.0 Å². The fraction of sp³-hybridized carbons (Fsp3) is 0.571. The third-order valence-electron chi connectivity index (χ3n) is 4.01. The van der Waals surface area contributed by atoms with Gasteiger partial charge in [-0.15, -0.1) is 0 Å². The standard InChI is InChI=1S/C14H19F2NOS/c1-14(2)7-3-4-12(13(14)17)19(18)9-5-6-10(15)11(16)8-9/h5-6,8,12-13H,3-4,7,17H2,1-2H3. The predicted octanol–water partition coefficient (Wildman–Crippen LogP) is 2.98. The van der Waals surface area contributed by atoms with E-state index in [2.05, 4.69) is 13.8 Å². The summed E-state index contributed by atoms with van der Waals surface area (Å²) in [4.78, 5) is 0.317. The molecule has 0 spiro atoms. The summed E-state index contributed by atoms with van der Waals surface area (Å²) in [5, 5.41) is -0.200. The summed E-state index contributed by atoms with van der Waals surface area (Å²) in [6, 6.07) is 3.21. The second kappa shape index (κ2) is 5.29. The van der Waals surface area contributed by atoms with Gasteiger partial charge in [0, 0.05) is 10.9 Å². The normalized spacial score (nSPS) is 28.1. The maximum Gasteiger partial charge on any atom is 0.160 e. The van der Waals surface area contributed by atoms with Crippen molar-refractivity contribution < 1.29 is 13.0 Å². The van der Waals surface area contributed by atoms with Gasteiger partial charge in [0.15, 0.2) is 11.6 Å². The summed E-state index contributed by atoms with van der Waals surface area (Å²) in [6.45, 7) is 4.12. The molecule has 2 nitrogen and oxygen atoms in total. The van der Waals surface area contributed by atoms with E-state index in [0.717, 1.165) is 31.4 Å². The summed E-state index contributed by atoms with van der Waals surface area (Å²) in [5.74, 6) is -1.89. The molecule has 0 aromatic heterocycles. The molecule has 1 saturated carbocycles. The van der Waals surface area contributed by atoms with Crippen molar-refractivity contribution in [3.05, 3.63) is 29.8 Å². The van der Waals surface area contributed by atoms with Gasteiger partial charge in [0.25, 0.3) is 0 Å². The van der Waals surface area contributed by atoms with Crippen molar-refractivity contribution in [3.63, 3.8) is 0 Å². The Kier molecular flexibility index (Phi) is 4.06. The van der Waals surface area contributed by atoms with E-state index in [1.54, 1.807) is 0 Å². The van der Waals surface area contributed by atoms with Gasteiger partial charge >= 0.3 is 0 Å². The number of nitrogens with two attached hydrogens (primary N) is 1. The van der Waals surface area contributed by atoms with Crippen LogP contribution >= 0.6 is 0 Å². The Morgan fingerprint density at radius 1 is 1.32 bits per heavy atom. The molecule has 1 aromatic rings. The minimum Gasteiger partial charge on any atom is -0.326 e. The minimum absolute atomic E-state index is 0.0723. The molecule has 0 saturated heterocycles. The Labute approximate surface area is 114 Å². The van der Waals surface area contributed by atoms with Crippen molar-refractivity contribution >= 4 is 10.8 Å². The van der Waals surface area contributed by atoms with Crippen LogP contribution in [0.3, 0.4) is 0 Å². The van der Waals surface area contributed by atoms with Crippen LogP contribution in [-0.4, -0.2) is 15.5 Å². The molecule has 1 aromatic carbocycles. The maximum atomic E-state index is 13.2. The van der Waals surface area contributed by atoms with Gasteiger partial charge in [-0.25, -0.2) is 8.78 Å². The van der Waals surface area contributed by atoms with Crippen LogP contribution in [0.15, 0.2) is 23.1 Å². The highest BCUT2D eigenvalue weighted by molar-refractivity contribution is 7.85. The summed E-state index contributed by atoms with van der Waals surface area (Å²) >= 11 is 0. The van der Waals surface area contributed by atoms with E-state index >= 15 is 0 Å². The second-order valence-electron chi connectivity index (χ2n) is 5.82. The summed E-state index contributed by atoms with van der Waals surface area (Å²) < 4.78 is 38.6. The van der Waals surface area contributed by atoms with E-state index in [-0.39, 0.29) is 16.7 Å². The SMILES string of the molecule is CC1(C)CCCC(S(=O)c2ccc(F)c(F)c2)C1N. The van der Waals surface area contributed by atoms with E-state index < -0.39 is 22.4 Å². The molecule has 0 amide bonds. The molecule has 2 rings (SSSR count). The zero-order chi connectivity index (χ0) is 14.2. The Bertz CT molecular complexity index is 504. The Balaban J connectivity index is 2.26. The van der Waals surface area contributed by atoms with Crippen LogP contribution in [0.5, 0.6) is 0 Å². The van der Waals surface area contributed by atoms with Gasteiger partial charge < -0.3 is 5.73 Å². The first-order chi connectivity index (χ1) is 8.83. The van der Waals surface area contributed by atoms with E-state index in [9.17, 15) is 13.0 Å². The molecule has 1 aliphatic rings. The average molecular weight is 287 g/mol. The molecule has 1 aliphatic carbocycles. The highest BCUT2D eigenvalue weighted by atomic mass is 32.2. The fourth-order valence-electron chi connectivity index (χ4n) is 2.63. The van der Waals surface area contributed by atoms with Crippen LogP contribution in [0.2, 0.25) is 0 Å². The number of hydrogen-bond acceptors (Lipinski definition) is 2. The van der Waals surface area contributed by atoms with Crippen molar-refractivity contribution in [2.45, 2.75) is 49.3 Å². The van der Waals surface area contributed by atoms with Gasteiger partial charge in [0.2, 0.25) is 0 Å². The molecule has 19 heavy (non-hydrogen) atoms. The number of benzene rings is 1. The number of hydrogen-bond donors (Lipinski definition) is 1. The quantitative estimate of drug-likeness (QED) is 0.908. The fourth-order valence-corrected chi connectivity index (χ4v) is 4.41. The van der Waals surface area contributed by atoms with Gasteiger partial charge in [0.1, 0.15) is 0 Å². The first-order valence-corrected chi connectivity index (χ1v) is 7.65. The zero-order valence-electron chi connectivity index (χ0n) is 11.2. The monoisotopic (exact) mass is 287 g/mol. The molecule has 2 N–H and O–H groups in total. The van der Waals surface area contributed by atoms with Crippen LogP contribution in [0.25, 0.3) is 0 Å². The molecular formula is C14H19F2NOS. The first kappa shape index (κ1) is 14.6. The van der Waals surface area contributed by atoms with Crippen LogP contribution in [0, 0.1) is 17.0 Å². The van der Waals surface area contributed by atoms with Crippen molar-refractivity contribution in [2.75, 3.05) is 0 Å². The van der Waals surface area contributed by atoms with Gasteiger partial charge in [-0.05, 0) is 36.5 Å². The predicted molar refractivity (Wildman–Crippen MR) is 72.2 cm³/mol. The minimum atomic E-state index is -1.40. The van der Waals surface area contributed by atoms with Crippen molar-refractivity contribution in [1.29, 1.82) is 0 Å². The van der Waals surface area contributed by atoms with Crippen LogP contribution in [-0.2, 0) is 10.8 Å². The number of halogens is 2. The maximum absolute atomic E-state index is 13.2. The van der Waals surface area contributed by atoms with E-state index in [1.807, 2.05) is 0 Å².